The van der Waals surface area contributed by atoms with Crippen LogP contribution in [0, 0.1) is 0 Å². The smallest absolute Gasteiger partial charge is 0.394 e. The fourth-order valence-corrected chi connectivity index (χ4v) is 12.7. The first-order chi connectivity index (χ1) is 40.0. The molecule has 82 heavy (non-hydrogen) atoms. The summed E-state index contributed by atoms with van der Waals surface area (Å²) >= 11 is 0. The van der Waals surface area contributed by atoms with Crippen LogP contribution in [-0.4, -0.2) is 95.4 Å². The van der Waals surface area contributed by atoms with Gasteiger partial charge in [-0.3, -0.25) is 9.35 Å². The SMILES string of the molecule is CCCCCCCCCCCCCCCCCCCCCCCCCCCCCCCCCCCCCC(=O)NC(COC1OC(CO)C(O)C(OS(=O)(=O)O)C1O)C(O)CCCCCCCCCCCCCCCCCCCCCC. The molecule has 1 heterocycles. The molecule has 1 aliphatic rings. The molecule has 12 nitrogen and oxygen atoms in total. The highest BCUT2D eigenvalue weighted by Gasteiger charge is 2.48. The number of nitrogens with one attached hydrogen (secondary N) is 1. The fourth-order valence-electron chi connectivity index (χ4n) is 12.2. The van der Waals surface area contributed by atoms with Gasteiger partial charge in [0.1, 0.15) is 24.4 Å². The van der Waals surface area contributed by atoms with E-state index in [9.17, 15) is 38.2 Å². The number of aliphatic hydroxyl groups excluding tert-OH is 4. The van der Waals surface area contributed by atoms with Crippen molar-refractivity contribution < 1.29 is 51.8 Å². The molecule has 0 aromatic rings. The molecule has 1 aliphatic heterocycles. The van der Waals surface area contributed by atoms with E-state index < -0.39 is 59.9 Å². The van der Waals surface area contributed by atoms with Crippen LogP contribution in [0.2, 0.25) is 0 Å². The molecule has 7 unspecified atom stereocenters. The molecule has 0 aromatic heterocycles. The molecule has 1 amide bonds. The Labute approximate surface area is 507 Å². The van der Waals surface area contributed by atoms with Crippen molar-refractivity contribution in [2.24, 2.45) is 0 Å². The fraction of sp³-hybridized carbons (Fsp3) is 0.986. The maximum absolute atomic E-state index is 13.2. The van der Waals surface area contributed by atoms with E-state index in [2.05, 4.69) is 23.3 Å². The lowest BCUT2D eigenvalue weighted by molar-refractivity contribution is -0.298. The van der Waals surface area contributed by atoms with Crippen LogP contribution in [0.5, 0.6) is 0 Å². The number of ether oxygens (including phenoxy) is 2. The number of rotatable bonds is 65. The van der Waals surface area contributed by atoms with Gasteiger partial charge in [0.15, 0.2) is 6.29 Å². The Morgan fingerprint density at radius 1 is 0.439 bits per heavy atom. The van der Waals surface area contributed by atoms with Crippen molar-refractivity contribution >= 4 is 16.3 Å². The van der Waals surface area contributed by atoms with E-state index in [1.54, 1.807) is 0 Å². The third kappa shape index (κ3) is 50.1. The predicted molar refractivity (Wildman–Crippen MR) is 343 cm³/mol. The van der Waals surface area contributed by atoms with Gasteiger partial charge in [-0.25, -0.2) is 4.18 Å². The molecule has 0 bridgehead atoms. The molecule has 13 heteroatoms. The first kappa shape index (κ1) is 79.1. The van der Waals surface area contributed by atoms with Gasteiger partial charge in [-0.05, 0) is 12.8 Å². The highest BCUT2D eigenvalue weighted by molar-refractivity contribution is 7.80. The molecule has 0 aliphatic carbocycles. The summed E-state index contributed by atoms with van der Waals surface area (Å²) in [5.74, 6) is -0.219. The number of amides is 1. The highest BCUT2D eigenvalue weighted by atomic mass is 32.3. The minimum Gasteiger partial charge on any atom is -0.394 e. The normalized spacial score (nSPS) is 18.4. The summed E-state index contributed by atoms with van der Waals surface area (Å²) in [4.78, 5) is 13.2. The Morgan fingerprint density at radius 3 is 0.976 bits per heavy atom. The summed E-state index contributed by atoms with van der Waals surface area (Å²) in [5, 5.41) is 45.3. The lowest BCUT2D eigenvalue weighted by atomic mass is 9.99. The summed E-state index contributed by atoms with van der Waals surface area (Å²) in [6.45, 7) is 3.53. The van der Waals surface area contributed by atoms with Crippen molar-refractivity contribution in [1.82, 2.24) is 5.32 Å². The van der Waals surface area contributed by atoms with Crippen LogP contribution in [0.25, 0.3) is 0 Å². The van der Waals surface area contributed by atoms with Gasteiger partial charge in [-0.2, -0.15) is 8.42 Å². The number of hydrogen-bond acceptors (Lipinski definition) is 10. The lowest BCUT2D eigenvalue weighted by Gasteiger charge is -2.41. The van der Waals surface area contributed by atoms with Crippen molar-refractivity contribution in [1.29, 1.82) is 0 Å². The van der Waals surface area contributed by atoms with Gasteiger partial charge in [0.2, 0.25) is 5.91 Å². The number of unbranched alkanes of at least 4 members (excludes halogenated alkanes) is 53. The Kier molecular flexibility index (Phi) is 57.0. The van der Waals surface area contributed by atoms with Gasteiger partial charge in [-0.1, -0.05) is 361 Å². The first-order valence-corrected chi connectivity index (χ1v) is 37.3. The van der Waals surface area contributed by atoms with Gasteiger partial charge in [0.05, 0.1) is 25.4 Å². The van der Waals surface area contributed by atoms with Crippen LogP contribution < -0.4 is 5.32 Å². The molecule has 0 spiro atoms. The Bertz CT molecular complexity index is 1440. The number of aliphatic hydroxyl groups is 4. The van der Waals surface area contributed by atoms with Gasteiger partial charge in [0, 0.05) is 6.42 Å². The molecule has 6 N–H and O–H groups in total. The molecule has 1 rings (SSSR count). The average Bonchev–Trinajstić information content (AvgIpc) is 3.62. The number of carbonyl (C=O) groups excluding carboxylic acids is 1. The average molecular weight is 1190 g/mol. The molecule has 1 saturated heterocycles. The van der Waals surface area contributed by atoms with Crippen LogP contribution in [0.3, 0.4) is 0 Å². The lowest BCUT2D eigenvalue weighted by Crippen LogP contribution is -2.61. The summed E-state index contributed by atoms with van der Waals surface area (Å²) < 4.78 is 48.1. The maximum atomic E-state index is 13.2. The van der Waals surface area contributed by atoms with Crippen LogP contribution >= 0.6 is 0 Å². The van der Waals surface area contributed by atoms with Crippen molar-refractivity contribution in [3.05, 3.63) is 0 Å². The largest absolute Gasteiger partial charge is 0.397 e. The van der Waals surface area contributed by atoms with Gasteiger partial charge in [-0.15, -0.1) is 0 Å². The maximum Gasteiger partial charge on any atom is 0.397 e. The van der Waals surface area contributed by atoms with E-state index in [1.165, 1.54) is 302 Å². The quantitative estimate of drug-likeness (QED) is 0.0251. The minimum absolute atomic E-state index is 0.219. The third-order valence-corrected chi connectivity index (χ3v) is 18.1. The van der Waals surface area contributed by atoms with E-state index in [0.29, 0.717) is 12.8 Å². The van der Waals surface area contributed by atoms with Crippen LogP contribution in [-0.2, 0) is 28.9 Å². The summed E-state index contributed by atoms with van der Waals surface area (Å²) in [6.07, 6.45) is 64.4. The summed E-state index contributed by atoms with van der Waals surface area (Å²) in [6, 6.07) is -0.855. The van der Waals surface area contributed by atoms with E-state index in [-0.39, 0.29) is 12.5 Å². The van der Waals surface area contributed by atoms with Crippen LogP contribution in [0.4, 0.5) is 0 Å². The Morgan fingerprint density at radius 2 is 0.707 bits per heavy atom. The topological polar surface area (TPSA) is 192 Å². The third-order valence-electron chi connectivity index (χ3n) is 17.7. The minimum atomic E-state index is -5.08. The summed E-state index contributed by atoms with van der Waals surface area (Å²) in [5.41, 5.74) is 0. The molecule has 0 saturated carbocycles. The Balaban J connectivity index is 2.17. The molecular formula is C69H137NO11S. The van der Waals surface area contributed by atoms with E-state index in [4.69, 9.17) is 9.47 Å². The molecule has 0 radical (unpaired) electrons. The second kappa shape index (κ2) is 59.1. The molecule has 0 aromatic carbocycles. The van der Waals surface area contributed by atoms with Gasteiger partial charge < -0.3 is 35.2 Å². The van der Waals surface area contributed by atoms with E-state index >= 15 is 0 Å². The van der Waals surface area contributed by atoms with E-state index in [1.807, 2.05) is 0 Å². The zero-order valence-electron chi connectivity index (χ0n) is 53.9. The number of hydrogen-bond donors (Lipinski definition) is 6. The second-order valence-corrected chi connectivity index (χ2v) is 26.6. The highest BCUT2D eigenvalue weighted by Crippen LogP contribution is 2.27. The molecule has 1 fully saturated rings. The monoisotopic (exact) mass is 1190 g/mol. The summed E-state index contributed by atoms with van der Waals surface area (Å²) in [7, 11) is -5.08. The van der Waals surface area contributed by atoms with Crippen molar-refractivity contribution in [2.45, 2.75) is 423 Å². The van der Waals surface area contributed by atoms with Crippen LogP contribution in [0.1, 0.15) is 380 Å². The van der Waals surface area contributed by atoms with Crippen molar-refractivity contribution in [2.75, 3.05) is 13.2 Å². The molecular weight excluding hydrogens is 1050 g/mol. The zero-order valence-corrected chi connectivity index (χ0v) is 54.7. The Hall–Kier alpha value is -0.900. The first-order valence-electron chi connectivity index (χ1n) is 35.9. The van der Waals surface area contributed by atoms with Crippen molar-refractivity contribution in [3.8, 4) is 0 Å². The number of carbonyl (C=O) groups is 1. The standard InChI is InChI=1S/C69H137NO11S/c1-3-5-7-9-11-13-15-17-19-21-23-25-26-27-28-29-30-31-32-33-34-35-36-37-38-39-41-43-45-47-49-51-53-55-57-59-65(73)70-62(61-79-69-67(75)68(81-82(76,77)78)66(74)64(60-71)80-69)63(72)58-56-54-52-50-48-46-44-42-40-24-22-20-18-16-14-12-10-8-6-4-2/h62-64,66-69,71-72,74-75H,3-61H2,1-2H3,(H,70,73)(H,76,77,78). The van der Waals surface area contributed by atoms with Gasteiger partial charge in [0.25, 0.3) is 0 Å². The van der Waals surface area contributed by atoms with Crippen molar-refractivity contribution in [3.63, 3.8) is 0 Å². The van der Waals surface area contributed by atoms with E-state index in [0.717, 1.165) is 51.4 Å². The second-order valence-electron chi connectivity index (χ2n) is 25.5. The molecule has 7 atom stereocenters. The van der Waals surface area contributed by atoms with Crippen LogP contribution in [0.15, 0.2) is 0 Å². The molecule has 490 valence electrons. The predicted octanol–water partition coefficient (Wildman–Crippen LogP) is 18.8. The zero-order chi connectivity index (χ0) is 59.7. The van der Waals surface area contributed by atoms with Gasteiger partial charge >= 0.3 is 10.4 Å².